The van der Waals surface area contributed by atoms with E-state index in [1.54, 1.807) is 68.9 Å². The molecular formula is C36H73F13O13Si7. The Bertz CT molecular complexity index is 1440. The summed E-state index contributed by atoms with van der Waals surface area (Å²) >= 11 is 0. The second-order valence-corrected chi connectivity index (χ2v) is 38.9. The van der Waals surface area contributed by atoms with Crippen LogP contribution in [0.2, 0.25) is 68.5 Å². The maximum Gasteiger partial charge on any atom is 0.500 e. The average Bonchev–Trinajstić information content (AvgIpc) is 3.20. The van der Waals surface area contributed by atoms with Crippen molar-refractivity contribution >= 4 is 60.7 Å². The molecule has 33 heteroatoms. The molecule has 2 unspecified atom stereocenters. The fourth-order valence-electron chi connectivity index (χ4n) is 7.81. The lowest BCUT2D eigenvalue weighted by Gasteiger charge is -2.51. The molecule has 0 aromatic heterocycles. The number of hydrogen-bond acceptors (Lipinski definition) is 13. The van der Waals surface area contributed by atoms with E-state index in [-0.39, 0.29) is 95.7 Å². The molecule has 1 heterocycles. The van der Waals surface area contributed by atoms with Crippen molar-refractivity contribution in [2.45, 2.75) is 173 Å². The molecule has 414 valence electrons. The van der Waals surface area contributed by atoms with Crippen LogP contribution >= 0.6 is 0 Å². The van der Waals surface area contributed by atoms with Crippen LogP contribution < -0.4 is 0 Å². The van der Waals surface area contributed by atoms with Gasteiger partial charge in [0.1, 0.15) is 0 Å². The largest absolute Gasteiger partial charge is 0.500 e. The van der Waals surface area contributed by atoms with Crippen molar-refractivity contribution in [3.05, 3.63) is 0 Å². The smallest absolute Gasteiger partial charge is 0.416 e. The fraction of sp³-hybridized carbons (Fsp3) is 1.00. The molecule has 0 amide bonds. The number of alkyl halides is 13. The normalized spacial score (nSPS) is 24.4. The zero-order chi connectivity index (χ0) is 53.7. The van der Waals surface area contributed by atoms with E-state index < -0.39 is 109 Å². The lowest BCUT2D eigenvalue weighted by Crippen LogP contribution is -2.70. The van der Waals surface area contributed by atoms with Gasteiger partial charge < -0.3 is 56.3 Å². The van der Waals surface area contributed by atoms with Crippen LogP contribution in [-0.4, -0.2) is 156 Å². The Kier molecular flexibility index (Phi) is 25.5. The maximum absolute atomic E-state index is 15.7. The predicted molar refractivity (Wildman–Crippen MR) is 242 cm³/mol. The quantitative estimate of drug-likeness (QED) is 0.0450. The van der Waals surface area contributed by atoms with Gasteiger partial charge in [-0.05, 0) is 113 Å². The van der Waals surface area contributed by atoms with Gasteiger partial charge >= 0.3 is 96.4 Å². The third-order valence-electron chi connectivity index (χ3n) is 10.6. The van der Waals surface area contributed by atoms with Crippen LogP contribution in [0.5, 0.6) is 0 Å². The van der Waals surface area contributed by atoms with Gasteiger partial charge in [0.25, 0.3) is 0 Å². The van der Waals surface area contributed by atoms with E-state index in [4.69, 9.17) is 56.3 Å². The first-order valence-corrected chi connectivity index (χ1v) is 38.9. The highest BCUT2D eigenvalue weighted by Crippen LogP contribution is 2.61. The highest BCUT2D eigenvalue weighted by molar-refractivity contribution is 6.94. The second-order valence-electron chi connectivity index (χ2n) is 16.4. The zero-order valence-corrected chi connectivity index (χ0v) is 48.7. The first-order valence-electron chi connectivity index (χ1n) is 23.0. The first-order chi connectivity index (χ1) is 31.5. The summed E-state index contributed by atoms with van der Waals surface area (Å²) in [4.78, 5) is 0. The van der Waals surface area contributed by atoms with Crippen LogP contribution in [0.1, 0.15) is 68.7 Å². The average molecular weight is 1160 g/mol. The molecular weight excluding hydrogens is 1080 g/mol. The van der Waals surface area contributed by atoms with Gasteiger partial charge in [0.05, 0.1) is 0 Å². The zero-order valence-electron chi connectivity index (χ0n) is 41.7. The van der Waals surface area contributed by atoms with Crippen molar-refractivity contribution in [2.75, 3.05) is 59.5 Å². The van der Waals surface area contributed by atoms with Gasteiger partial charge in [-0.3, -0.25) is 0 Å². The van der Waals surface area contributed by atoms with Gasteiger partial charge in [0, 0.05) is 84.0 Å². The summed E-state index contributed by atoms with van der Waals surface area (Å²) in [5, 5.41) is 0. The lowest BCUT2D eigenvalue weighted by atomic mass is 9.93. The first kappa shape index (κ1) is 67.1. The Hall–Kier alpha value is 0.0882. The standard InChI is InChI=1S/C36H73F13O13Si7/c1-14-50-67(51-15-2,52-16-3)28-25-64(11)59-63(10,24-23-31(37,38)32(39,40)33(41,42)34(43,44)35(45,46)36(47,48)49)60-65(12,26-29-68(53-17-4,54-18-5)55-19-6)62-66(13,61-64)27-30-69(56-20-7,57-21-8)58-22-9/h14-30H2,1-13H3. The van der Waals surface area contributed by atoms with Gasteiger partial charge in [-0.2, -0.15) is 57.1 Å². The Morgan fingerprint density at radius 2 is 0.522 bits per heavy atom. The molecule has 1 saturated heterocycles. The van der Waals surface area contributed by atoms with Crippen LogP contribution in [0.25, 0.3) is 0 Å². The van der Waals surface area contributed by atoms with Crippen molar-refractivity contribution in [2.24, 2.45) is 0 Å². The Morgan fingerprint density at radius 1 is 0.319 bits per heavy atom. The highest BCUT2D eigenvalue weighted by Gasteiger charge is 2.90. The van der Waals surface area contributed by atoms with Gasteiger partial charge in [-0.15, -0.1) is 0 Å². The molecule has 0 N–H and O–H groups in total. The maximum atomic E-state index is 15.7. The van der Waals surface area contributed by atoms with Gasteiger partial charge in [0.15, 0.2) is 0 Å². The van der Waals surface area contributed by atoms with E-state index in [1.165, 1.54) is 13.1 Å². The molecule has 0 aliphatic carbocycles. The van der Waals surface area contributed by atoms with Gasteiger partial charge in [-0.25, -0.2) is 0 Å². The molecule has 0 spiro atoms. The second kappa shape index (κ2) is 26.2. The highest BCUT2D eigenvalue weighted by atomic mass is 28.5. The molecule has 13 nitrogen and oxygen atoms in total. The van der Waals surface area contributed by atoms with Crippen molar-refractivity contribution in [1.82, 2.24) is 0 Å². The molecule has 0 aromatic carbocycles. The van der Waals surface area contributed by atoms with E-state index >= 15 is 17.6 Å². The van der Waals surface area contributed by atoms with E-state index in [2.05, 4.69) is 0 Å². The SMILES string of the molecule is CCO[Si](CC[Si]1(C)O[Si](C)(CCC(F)(F)C(F)(F)C(F)(F)C(F)(F)C(F)(F)C(F)(F)F)O[Si](C)(CC[Si](OCC)(OCC)OCC)O[Si](C)(CC[Si](OCC)(OCC)OCC)O1)(OCC)OCC. The Morgan fingerprint density at radius 3 is 0.725 bits per heavy atom. The van der Waals surface area contributed by atoms with Crippen molar-refractivity contribution in [3.63, 3.8) is 0 Å². The number of rotatable bonds is 34. The molecule has 0 radical (unpaired) electrons. The lowest BCUT2D eigenvalue weighted by molar-refractivity contribution is -0.440. The van der Waals surface area contributed by atoms with Crippen LogP contribution in [0.4, 0.5) is 57.1 Å². The third kappa shape index (κ3) is 16.8. The van der Waals surface area contributed by atoms with Crippen LogP contribution in [-0.2, 0) is 56.3 Å². The minimum absolute atomic E-state index is 0.0570. The summed E-state index contributed by atoms with van der Waals surface area (Å²) in [5.41, 5.74) is 0. The minimum Gasteiger partial charge on any atom is -0.416 e. The molecule has 1 rings (SSSR count). The van der Waals surface area contributed by atoms with Crippen LogP contribution in [0.15, 0.2) is 0 Å². The molecule has 0 saturated carbocycles. The molecule has 2 atom stereocenters. The van der Waals surface area contributed by atoms with Crippen molar-refractivity contribution in [3.8, 4) is 0 Å². The third-order valence-corrected chi connectivity index (χ3v) is 39.6. The summed E-state index contributed by atoms with van der Waals surface area (Å²) in [5.74, 6) is -37.8. The van der Waals surface area contributed by atoms with E-state index in [1.807, 2.05) is 0 Å². The monoisotopic (exact) mass is 1160 g/mol. The molecule has 1 aliphatic heterocycles. The summed E-state index contributed by atoms with van der Waals surface area (Å²) in [6, 6.07) is -1.72. The van der Waals surface area contributed by atoms with Crippen LogP contribution in [0.3, 0.4) is 0 Å². The topological polar surface area (TPSA) is 120 Å². The molecule has 1 aliphatic rings. The Balaban J connectivity index is 4.26. The van der Waals surface area contributed by atoms with E-state index in [0.29, 0.717) is 0 Å². The van der Waals surface area contributed by atoms with Crippen molar-refractivity contribution < 1.29 is 113 Å². The molecule has 0 bridgehead atoms. The number of hydrogen-bond donors (Lipinski definition) is 0. The summed E-state index contributed by atoms with van der Waals surface area (Å²) < 4.78 is 268. The van der Waals surface area contributed by atoms with Gasteiger partial charge in [0.2, 0.25) is 0 Å². The predicted octanol–water partition coefficient (Wildman–Crippen LogP) is 11.6. The van der Waals surface area contributed by atoms with Crippen LogP contribution in [0, 0.1) is 0 Å². The molecule has 1 fully saturated rings. The summed E-state index contributed by atoms with van der Waals surface area (Å²) in [6.07, 6.45) is -10.1. The van der Waals surface area contributed by atoms with E-state index in [0.717, 1.165) is 6.55 Å². The Labute approximate surface area is 405 Å². The number of halogens is 13. The molecule has 0 aromatic rings. The summed E-state index contributed by atoms with van der Waals surface area (Å²) in [7, 11) is -27.7. The van der Waals surface area contributed by atoms with Crippen molar-refractivity contribution in [1.29, 1.82) is 0 Å². The van der Waals surface area contributed by atoms with E-state index in [9.17, 15) is 39.5 Å². The minimum atomic E-state index is -8.06. The summed E-state index contributed by atoms with van der Waals surface area (Å²) in [6.45, 7) is 22.2. The fourth-order valence-corrected chi connectivity index (χ4v) is 43.8. The van der Waals surface area contributed by atoms with Gasteiger partial charge in [-0.1, -0.05) is 0 Å². The molecule has 69 heavy (non-hydrogen) atoms.